The van der Waals surface area contributed by atoms with E-state index in [1.807, 2.05) is 42.7 Å². The molecule has 0 aliphatic carbocycles. The molecule has 0 aliphatic heterocycles. The Morgan fingerprint density at radius 1 is 1.17 bits per heavy atom. The molecule has 0 bridgehead atoms. The van der Waals surface area contributed by atoms with E-state index in [-0.39, 0.29) is 0 Å². The summed E-state index contributed by atoms with van der Waals surface area (Å²) in [6, 6.07) is 10.1. The fourth-order valence-electron chi connectivity index (χ4n) is 1.97. The lowest BCUT2D eigenvalue weighted by atomic mass is 10.2. The van der Waals surface area contributed by atoms with Crippen molar-refractivity contribution in [3.8, 4) is 11.5 Å². The minimum absolute atomic E-state index is 0.679. The van der Waals surface area contributed by atoms with E-state index in [0.717, 1.165) is 23.2 Å². The molecule has 0 spiro atoms. The van der Waals surface area contributed by atoms with Crippen LogP contribution in [0.4, 0.5) is 0 Å². The van der Waals surface area contributed by atoms with Crippen LogP contribution in [0.1, 0.15) is 12.5 Å². The summed E-state index contributed by atoms with van der Waals surface area (Å²) in [6.45, 7) is 5.13. The highest BCUT2D eigenvalue weighted by atomic mass is 16.3. The Hall–Kier alpha value is -2.16. The summed E-state index contributed by atoms with van der Waals surface area (Å²) in [5, 5.41) is 0. The number of pyridine rings is 1. The maximum Gasteiger partial charge on any atom is 0.227 e. The first-order chi connectivity index (χ1) is 8.76. The van der Waals surface area contributed by atoms with Crippen LogP contribution in [-0.2, 0) is 6.54 Å². The monoisotopic (exact) mass is 239 g/mol. The minimum Gasteiger partial charge on any atom is -0.436 e. The lowest BCUT2D eigenvalue weighted by Gasteiger charge is -1.93. The zero-order valence-electron chi connectivity index (χ0n) is 10.6. The van der Waals surface area contributed by atoms with Crippen molar-refractivity contribution in [1.29, 1.82) is 0 Å². The van der Waals surface area contributed by atoms with Gasteiger partial charge in [0.25, 0.3) is 0 Å². The molecular weight excluding hydrogens is 224 g/mol. The molecule has 3 aromatic rings. The number of hydrogen-bond acceptors (Lipinski definition) is 2. The number of fused-ring (bicyclic) bond motifs is 1. The highest BCUT2D eigenvalue weighted by molar-refractivity contribution is 5.76. The first-order valence-corrected chi connectivity index (χ1v) is 6.13. The number of aryl methyl sites for hydroxylation is 2. The Bertz CT molecular complexity index is 683. The average molecular weight is 239 g/mol. The van der Waals surface area contributed by atoms with Crippen molar-refractivity contribution in [2.24, 2.45) is 0 Å². The SMILES string of the molecule is CC[n+]1ccc(-c2nc3cc(C)ccc3o2)cc1. The molecule has 0 radical (unpaired) electrons. The van der Waals surface area contributed by atoms with Crippen LogP contribution in [0.5, 0.6) is 0 Å². The van der Waals surface area contributed by atoms with E-state index < -0.39 is 0 Å². The van der Waals surface area contributed by atoms with E-state index in [9.17, 15) is 0 Å². The predicted molar refractivity (Wildman–Crippen MR) is 70.1 cm³/mol. The fourth-order valence-corrected chi connectivity index (χ4v) is 1.97. The lowest BCUT2D eigenvalue weighted by Crippen LogP contribution is -2.30. The van der Waals surface area contributed by atoms with E-state index in [2.05, 4.69) is 23.4 Å². The summed E-state index contributed by atoms with van der Waals surface area (Å²) in [7, 11) is 0. The molecule has 0 atom stereocenters. The zero-order valence-corrected chi connectivity index (χ0v) is 10.6. The van der Waals surface area contributed by atoms with Crippen molar-refractivity contribution >= 4 is 11.1 Å². The molecular formula is C15H15N2O+. The smallest absolute Gasteiger partial charge is 0.227 e. The standard InChI is InChI=1S/C15H15N2O/c1-3-17-8-6-12(7-9-17)15-16-13-10-11(2)4-5-14(13)18-15/h4-10H,3H2,1-2H3/q+1. The quantitative estimate of drug-likeness (QED) is 0.643. The van der Waals surface area contributed by atoms with Gasteiger partial charge in [0.05, 0.1) is 0 Å². The van der Waals surface area contributed by atoms with Gasteiger partial charge >= 0.3 is 0 Å². The van der Waals surface area contributed by atoms with Gasteiger partial charge in [-0.05, 0) is 31.5 Å². The molecule has 18 heavy (non-hydrogen) atoms. The van der Waals surface area contributed by atoms with Gasteiger partial charge in [-0.3, -0.25) is 0 Å². The summed E-state index contributed by atoms with van der Waals surface area (Å²) in [4.78, 5) is 4.52. The second-order valence-corrected chi connectivity index (χ2v) is 4.41. The van der Waals surface area contributed by atoms with E-state index in [4.69, 9.17) is 4.42 Å². The van der Waals surface area contributed by atoms with Crippen LogP contribution in [0.15, 0.2) is 47.1 Å². The molecule has 3 nitrogen and oxygen atoms in total. The summed E-state index contributed by atoms with van der Waals surface area (Å²) in [5.41, 5.74) is 3.95. The molecule has 1 aromatic carbocycles. The Morgan fingerprint density at radius 2 is 1.94 bits per heavy atom. The van der Waals surface area contributed by atoms with Crippen LogP contribution < -0.4 is 4.57 Å². The predicted octanol–water partition coefficient (Wildman–Crippen LogP) is 3.11. The van der Waals surface area contributed by atoms with E-state index >= 15 is 0 Å². The fraction of sp³-hybridized carbons (Fsp3) is 0.200. The van der Waals surface area contributed by atoms with Crippen LogP contribution in [0.25, 0.3) is 22.6 Å². The Morgan fingerprint density at radius 3 is 2.67 bits per heavy atom. The van der Waals surface area contributed by atoms with Gasteiger partial charge in [0, 0.05) is 17.7 Å². The molecule has 0 amide bonds. The summed E-state index contributed by atoms with van der Waals surface area (Å²) >= 11 is 0. The number of oxazole rings is 1. The van der Waals surface area contributed by atoms with Crippen LogP contribution in [0.2, 0.25) is 0 Å². The maximum atomic E-state index is 5.76. The molecule has 2 heterocycles. The van der Waals surface area contributed by atoms with Crippen molar-refractivity contribution in [2.75, 3.05) is 0 Å². The third-order valence-electron chi connectivity index (χ3n) is 3.05. The van der Waals surface area contributed by atoms with E-state index in [1.54, 1.807) is 0 Å². The van der Waals surface area contributed by atoms with Gasteiger partial charge in [-0.1, -0.05) is 6.07 Å². The van der Waals surface area contributed by atoms with Gasteiger partial charge in [0.1, 0.15) is 12.1 Å². The topological polar surface area (TPSA) is 29.9 Å². The van der Waals surface area contributed by atoms with Gasteiger partial charge in [0.2, 0.25) is 5.89 Å². The zero-order chi connectivity index (χ0) is 12.5. The van der Waals surface area contributed by atoms with Crippen molar-refractivity contribution in [1.82, 2.24) is 4.98 Å². The van der Waals surface area contributed by atoms with Crippen molar-refractivity contribution < 1.29 is 8.98 Å². The number of hydrogen-bond donors (Lipinski definition) is 0. The summed E-state index contributed by atoms with van der Waals surface area (Å²) in [6.07, 6.45) is 4.07. The van der Waals surface area contributed by atoms with Gasteiger partial charge in [0.15, 0.2) is 18.0 Å². The van der Waals surface area contributed by atoms with Crippen molar-refractivity contribution in [2.45, 2.75) is 20.4 Å². The largest absolute Gasteiger partial charge is 0.436 e. The Kier molecular flexibility index (Phi) is 2.59. The van der Waals surface area contributed by atoms with Gasteiger partial charge < -0.3 is 4.42 Å². The van der Waals surface area contributed by atoms with Crippen molar-refractivity contribution in [3.63, 3.8) is 0 Å². The molecule has 3 heteroatoms. The molecule has 0 N–H and O–H groups in total. The molecule has 0 unspecified atom stereocenters. The second kappa shape index (κ2) is 4.26. The number of rotatable bonds is 2. The maximum absolute atomic E-state index is 5.76. The van der Waals surface area contributed by atoms with Crippen LogP contribution in [0.3, 0.4) is 0 Å². The molecule has 0 saturated carbocycles. The van der Waals surface area contributed by atoms with Crippen LogP contribution in [-0.4, -0.2) is 4.98 Å². The van der Waals surface area contributed by atoms with Crippen molar-refractivity contribution in [3.05, 3.63) is 48.3 Å². The molecule has 0 aliphatic rings. The lowest BCUT2D eigenvalue weighted by molar-refractivity contribution is -0.693. The minimum atomic E-state index is 0.679. The first kappa shape index (κ1) is 11.0. The van der Waals surface area contributed by atoms with Crippen LogP contribution in [0, 0.1) is 6.92 Å². The van der Waals surface area contributed by atoms with E-state index in [0.29, 0.717) is 5.89 Å². The Labute approximate surface area is 106 Å². The Balaban J connectivity index is 2.07. The third kappa shape index (κ3) is 1.88. The molecule has 2 aromatic heterocycles. The molecule has 0 saturated heterocycles. The van der Waals surface area contributed by atoms with Gasteiger partial charge in [-0.2, -0.15) is 0 Å². The van der Waals surface area contributed by atoms with Gasteiger partial charge in [-0.25, -0.2) is 9.55 Å². The molecule has 3 rings (SSSR count). The average Bonchev–Trinajstić information content (AvgIpc) is 2.81. The number of nitrogens with zero attached hydrogens (tertiary/aromatic N) is 2. The third-order valence-corrected chi connectivity index (χ3v) is 3.05. The second-order valence-electron chi connectivity index (χ2n) is 4.41. The summed E-state index contributed by atoms with van der Waals surface area (Å²) < 4.78 is 7.87. The first-order valence-electron chi connectivity index (χ1n) is 6.13. The highest BCUT2D eigenvalue weighted by Crippen LogP contribution is 2.23. The van der Waals surface area contributed by atoms with Gasteiger partial charge in [-0.15, -0.1) is 0 Å². The van der Waals surface area contributed by atoms with E-state index in [1.165, 1.54) is 5.56 Å². The number of aromatic nitrogens is 2. The number of benzene rings is 1. The molecule has 0 fully saturated rings. The highest BCUT2D eigenvalue weighted by Gasteiger charge is 2.09. The summed E-state index contributed by atoms with van der Waals surface area (Å²) in [5.74, 6) is 0.679. The normalized spacial score (nSPS) is 11.0. The molecule has 90 valence electrons. The van der Waals surface area contributed by atoms with Crippen LogP contribution >= 0.6 is 0 Å².